The van der Waals surface area contributed by atoms with Gasteiger partial charge in [0, 0.05) is 6.04 Å². The molecular weight excluding hydrogens is 226 g/mol. The highest BCUT2D eigenvalue weighted by atomic mass is 16.5. The van der Waals surface area contributed by atoms with Crippen molar-refractivity contribution < 1.29 is 9.84 Å². The van der Waals surface area contributed by atoms with Gasteiger partial charge in [-0.3, -0.25) is 0 Å². The van der Waals surface area contributed by atoms with Crippen LogP contribution in [0.4, 0.5) is 0 Å². The normalized spacial score (nSPS) is 12.1. The summed E-state index contributed by atoms with van der Waals surface area (Å²) in [5.41, 5.74) is 8.18. The first-order valence-corrected chi connectivity index (χ1v) is 5.86. The first-order chi connectivity index (χ1) is 8.69. The molecule has 0 radical (unpaired) electrons. The van der Waals surface area contributed by atoms with E-state index in [1.165, 1.54) is 0 Å². The van der Waals surface area contributed by atoms with Crippen molar-refractivity contribution in [1.82, 2.24) is 0 Å². The largest absolute Gasteiger partial charge is 0.508 e. The van der Waals surface area contributed by atoms with E-state index >= 15 is 0 Å². The summed E-state index contributed by atoms with van der Waals surface area (Å²) in [7, 11) is 1.65. The van der Waals surface area contributed by atoms with E-state index in [2.05, 4.69) is 0 Å². The lowest BCUT2D eigenvalue weighted by Crippen LogP contribution is -2.13. The van der Waals surface area contributed by atoms with Gasteiger partial charge in [0.05, 0.1) is 7.11 Å². The number of methoxy groups -OCH3 is 1. The summed E-state index contributed by atoms with van der Waals surface area (Å²) >= 11 is 0. The molecule has 0 fully saturated rings. The fourth-order valence-electron chi connectivity index (χ4n) is 1.93. The minimum absolute atomic E-state index is 0.135. The Hall–Kier alpha value is -2.00. The van der Waals surface area contributed by atoms with E-state index in [0.717, 1.165) is 16.9 Å². The van der Waals surface area contributed by atoms with E-state index in [1.807, 2.05) is 30.3 Å². The standard InChI is InChI=1S/C15H17NO2/c1-18-14-7-2-4-11(8-14)9-15(16)12-5-3-6-13(17)10-12/h2-8,10,15,17H,9,16H2,1H3/t15-/m1/s1. The molecule has 0 spiro atoms. The van der Waals surface area contributed by atoms with Gasteiger partial charge in [0.1, 0.15) is 11.5 Å². The molecule has 0 aliphatic rings. The molecule has 18 heavy (non-hydrogen) atoms. The van der Waals surface area contributed by atoms with Crippen LogP contribution in [-0.4, -0.2) is 12.2 Å². The number of ether oxygens (including phenoxy) is 1. The lowest BCUT2D eigenvalue weighted by atomic mass is 9.99. The monoisotopic (exact) mass is 243 g/mol. The van der Waals surface area contributed by atoms with E-state index < -0.39 is 0 Å². The number of rotatable bonds is 4. The molecule has 2 aromatic carbocycles. The van der Waals surface area contributed by atoms with Crippen molar-refractivity contribution in [3.8, 4) is 11.5 Å². The molecule has 0 unspecified atom stereocenters. The molecule has 0 aliphatic heterocycles. The molecule has 0 aliphatic carbocycles. The molecule has 94 valence electrons. The predicted molar refractivity (Wildman–Crippen MR) is 71.7 cm³/mol. The maximum atomic E-state index is 9.43. The third-order valence-electron chi connectivity index (χ3n) is 2.89. The molecule has 0 bridgehead atoms. The van der Waals surface area contributed by atoms with Crippen LogP contribution in [0.2, 0.25) is 0 Å². The van der Waals surface area contributed by atoms with Crippen LogP contribution >= 0.6 is 0 Å². The average molecular weight is 243 g/mol. The Morgan fingerprint density at radius 3 is 2.67 bits per heavy atom. The average Bonchev–Trinajstić information content (AvgIpc) is 2.39. The quantitative estimate of drug-likeness (QED) is 0.868. The fourth-order valence-corrected chi connectivity index (χ4v) is 1.93. The van der Waals surface area contributed by atoms with Crippen LogP contribution in [0.5, 0.6) is 11.5 Å². The van der Waals surface area contributed by atoms with Gasteiger partial charge < -0.3 is 15.6 Å². The second kappa shape index (κ2) is 5.56. The summed E-state index contributed by atoms with van der Waals surface area (Å²) in [6.45, 7) is 0. The zero-order valence-corrected chi connectivity index (χ0v) is 10.3. The lowest BCUT2D eigenvalue weighted by molar-refractivity contribution is 0.414. The van der Waals surface area contributed by atoms with Gasteiger partial charge >= 0.3 is 0 Å². The first-order valence-electron chi connectivity index (χ1n) is 5.86. The van der Waals surface area contributed by atoms with Crippen molar-refractivity contribution in [2.75, 3.05) is 7.11 Å². The van der Waals surface area contributed by atoms with Crippen LogP contribution in [0.3, 0.4) is 0 Å². The van der Waals surface area contributed by atoms with Crippen molar-refractivity contribution in [3.63, 3.8) is 0 Å². The second-order valence-electron chi connectivity index (χ2n) is 4.26. The van der Waals surface area contributed by atoms with Crippen molar-refractivity contribution >= 4 is 0 Å². The molecule has 0 saturated heterocycles. The number of aromatic hydroxyl groups is 1. The van der Waals surface area contributed by atoms with E-state index in [9.17, 15) is 5.11 Å². The van der Waals surface area contributed by atoms with Gasteiger partial charge in [-0.2, -0.15) is 0 Å². The van der Waals surface area contributed by atoms with E-state index in [1.54, 1.807) is 25.3 Å². The molecule has 1 atom stereocenters. The molecule has 0 saturated carbocycles. The van der Waals surface area contributed by atoms with Crippen molar-refractivity contribution in [1.29, 1.82) is 0 Å². The maximum absolute atomic E-state index is 9.43. The Kier molecular flexibility index (Phi) is 3.85. The van der Waals surface area contributed by atoms with Gasteiger partial charge in [0.25, 0.3) is 0 Å². The summed E-state index contributed by atoms with van der Waals surface area (Å²) in [5.74, 6) is 1.07. The van der Waals surface area contributed by atoms with Crippen LogP contribution in [0.25, 0.3) is 0 Å². The SMILES string of the molecule is COc1cccc(C[C@@H](N)c2cccc(O)c2)c1. The van der Waals surface area contributed by atoms with Gasteiger partial charge in [0.2, 0.25) is 0 Å². The Morgan fingerprint density at radius 1 is 1.17 bits per heavy atom. The van der Waals surface area contributed by atoms with Crippen LogP contribution in [-0.2, 0) is 6.42 Å². The topological polar surface area (TPSA) is 55.5 Å². The first kappa shape index (κ1) is 12.5. The Bertz CT molecular complexity index is 525. The summed E-state index contributed by atoms with van der Waals surface area (Å²) < 4.78 is 5.18. The lowest BCUT2D eigenvalue weighted by Gasteiger charge is -2.13. The van der Waals surface area contributed by atoms with Crippen molar-refractivity contribution in [3.05, 3.63) is 59.7 Å². The summed E-state index contributed by atoms with van der Waals surface area (Å²) in [6.07, 6.45) is 0.709. The molecular formula is C15H17NO2. The van der Waals surface area contributed by atoms with Gasteiger partial charge in [-0.15, -0.1) is 0 Å². The minimum atomic E-state index is -0.135. The minimum Gasteiger partial charge on any atom is -0.508 e. The number of benzene rings is 2. The predicted octanol–water partition coefficient (Wildman–Crippen LogP) is 2.64. The fraction of sp³-hybridized carbons (Fsp3) is 0.200. The summed E-state index contributed by atoms with van der Waals surface area (Å²) in [5, 5.41) is 9.43. The number of nitrogens with two attached hydrogens (primary N) is 1. The summed E-state index contributed by atoms with van der Waals surface area (Å²) in [6, 6.07) is 14.8. The smallest absolute Gasteiger partial charge is 0.119 e. The van der Waals surface area contributed by atoms with Crippen LogP contribution < -0.4 is 10.5 Å². The number of hydrogen-bond acceptors (Lipinski definition) is 3. The van der Waals surface area contributed by atoms with Crippen LogP contribution in [0.1, 0.15) is 17.2 Å². The molecule has 2 aromatic rings. The van der Waals surface area contributed by atoms with Crippen LogP contribution in [0.15, 0.2) is 48.5 Å². The van der Waals surface area contributed by atoms with E-state index in [0.29, 0.717) is 6.42 Å². The van der Waals surface area contributed by atoms with E-state index in [-0.39, 0.29) is 11.8 Å². The zero-order valence-electron chi connectivity index (χ0n) is 10.3. The highest BCUT2D eigenvalue weighted by Gasteiger charge is 2.08. The zero-order chi connectivity index (χ0) is 13.0. The Balaban J connectivity index is 2.13. The van der Waals surface area contributed by atoms with Crippen molar-refractivity contribution in [2.45, 2.75) is 12.5 Å². The summed E-state index contributed by atoms with van der Waals surface area (Å²) in [4.78, 5) is 0. The molecule has 3 N–H and O–H groups in total. The molecule has 0 amide bonds. The van der Waals surface area contributed by atoms with E-state index in [4.69, 9.17) is 10.5 Å². The van der Waals surface area contributed by atoms with Crippen LogP contribution in [0, 0.1) is 0 Å². The number of phenols is 1. The third-order valence-corrected chi connectivity index (χ3v) is 2.89. The Labute approximate surface area is 107 Å². The molecule has 2 rings (SSSR count). The van der Waals surface area contributed by atoms with Gasteiger partial charge in [-0.25, -0.2) is 0 Å². The second-order valence-corrected chi connectivity index (χ2v) is 4.26. The maximum Gasteiger partial charge on any atom is 0.119 e. The van der Waals surface area contributed by atoms with Gasteiger partial charge in [-0.1, -0.05) is 24.3 Å². The molecule has 3 heteroatoms. The van der Waals surface area contributed by atoms with Gasteiger partial charge in [-0.05, 0) is 41.8 Å². The van der Waals surface area contributed by atoms with Gasteiger partial charge in [0.15, 0.2) is 0 Å². The molecule has 3 nitrogen and oxygen atoms in total. The highest BCUT2D eigenvalue weighted by Crippen LogP contribution is 2.21. The molecule has 0 heterocycles. The van der Waals surface area contributed by atoms with Crippen molar-refractivity contribution in [2.24, 2.45) is 5.73 Å². The third kappa shape index (κ3) is 3.02. The Morgan fingerprint density at radius 2 is 1.94 bits per heavy atom. The number of hydrogen-bond donors (Lipinski definition) is 2. The molecule has 0 aromatic heterocycles. The highest BCUT2D eigenvalue weighted by molar-refractivity contribution is 5.33. The number of phenolic OH excluding ortho intramolecular Hbond substituents is 1.